The Balaban J connectivity index is 2.90. The van der Waals surface area contributed by atoms with Crippen molar-refractivity contribution >= 4 is 11.8 Å². The maximum Gasteiger partial charge on any atom is 0.0305 e. The first-order chi connectivity index (χ1) is 7.86. The van der Waals surface area contributed by atoms with Crippen LogP contribution in [0, 0.1) is 6.92 Å². The zero-order valence-electron chi connectivity index (χ0n) is 11.7. The van der Waals surface area contributed by atoms with Gasteiger partial charge < -0.3 is 5.73 Å². The molecule has 1 nitrogen and oxygen atoms in total. The Morgan fingerprint density at radius 2 is 1.94 bits per heavy atom. The van der Waals surface area contributed by atoms with Crippen LogP contribution in [-0.2, 0) is 5.41 Å². The summed E-state index contributed by atoms with van der Waals surface area (Å²) in [7, 11) is 0. The summed E-state index contributed by atoms with van der Waals surface area (Å²) >= 11 is 1.86. The molecule has 0 aliphatic rings. The van der Waals surface area contributed by atoms with Gasteiger partial charge in [-0.15, -0.1) is 0 Å². The van der Waals surface area contributed by atoms with Crippen molar-refractivity contribution in [3.05, 3.63) is 34.9 Å². The van der Waals surface area contributed by atoms with Gasteiger partial charge in [-0.2, -0.15) is 11.8 Å². The maximum absolute atomic E-state index is 6.23. The fourth-order valence-electron chi connectivity index (χ4n) is 1.96. The number of hydrogen-bond acceptors (Lipinski definition) is 2. The van der Waals surface area contributed by atoms with E-state index in [1.165, 1.54) is 16.7 Å². The normalized spacial score (nSPS) is 13.8. The molecule has 0 saturated carbocycles. The Bertz CT molecular complexity index is 366. The van der Waals surface area contributed by atoms with Gasteiger partial charge in [-0.25, -0.2) is 0 Å². The zero-order chi connectivity index (χ0) is 13.1. The number of nitrogens with two attached hydrogens (primary N) is 1. The lowest BCUT2D eigenvalue weighted by atomic mass is 9.84. The van der Waals surface area contributed by atoms with Gasteiger partial charge in [0, 0.05) is 6.04 Å². The van der Waals surface area contributed by atoms with Crippen molar-refractivity contribution in [1.29, 1.82) is 0 Å². The van der Waals surface area contributed by atoms with Crippen LogP contribution in [0.4, 0.5) is 0 Å². The molecule has 0 bridgehead atoms. The lowest BCUT2D eigenvalue weighted by Gasteiger charge is -2.22. The van der Waals surface area contributed by atoms with Gasteiger partial charge in [0.1, 0.15) is 0 Å². The van der Waals surface area contributed by atoms with E-state index in [2.05, 4.69) is 52.1 Å². The van der Waals surface area contributed by atoms with Crippen LogP contribution in [0.1, 0.15) is 49.9 Å². The van der Waals surface area contributed by atoms with E-state index in [0.29, 0.717) is 0 Å². The highest BCUT2D eigenvalue weighted by Crippen LogP contribution is 2.27. The summed E-state index contributed by atoms with van der Waals surface area (Å²) in [5, 5.41) is 0. The van der Waals surface area contributed by atoms with Crippen molar-refractivity contribution in [2.45, 2.75) is 45.6 Å². The van der Waals surface area contributed by atoms with Crippen LogP contribution >= 0.6 is 11.8 Å². The maximum atomic E-state index is 6.23. The number of hydrogen-bond donors (Lipinski definition) is 1. The molecular weight excluding hydrogens is 226 g/mol. The molecule has 96 valence electrons. The first-order valence-electron chi connectivity index (χ1n) is 6.22. The second-order valence-corrected chi connectivity index (χ2v) is 6.69. The smallest absolute Gasteiger partial charge is 0.0305 e. The summed E-state index contributed by atoms with van der Waals surface area (Å²) in [6, 6.07) is 6.90. The SMILES string of the molecule is CSCCC(N)c1ccc(C(C)(C)C)cc1C. The van der Waals surface area contributed by atoms with E-state index in [4.69, 9.17) is 5.73 Å². The summed E-state index contributed by atoms with van der Waals surface area (Å²) in [6.45, 7) is 8.91. The molecule has 0 radical (unpaired) electrons. The van der Waals surface area contributed by atoms with E-state index < -0.39 is 0 Å². The van der Waals surface area contributed by atoms with Crippen molar-refractivity contribution in [2.24, 2.45) is 5.73 Å². The standard InChI is InChI=1S/C15H25NS/c1-11-10-12(15(2,3)4)6-7-13(11)14(16)8-9-17-5/h6-7,10,14H,8-9,16H2,1-5H3. The Morgan fingerprint density at radius 3 is 2.41 bits per heavy atom. The predicted molar refractivity (Wildman–Crippen MR) is 79.8 cm³/mol. The Hall–Kier alpha value is -0.470. The van der Waals surface area contributed by atoms with Crippen molar-refractivity contribution in [2.75, 3.05) is 12.0 Å². The molecule has 2 heteroatoms. The van der Waals surface area contributed by atoms with Gasteiger partial charge >= 0.3 is 0 Å². The number of thioether (sulfide) groups is 1. The van der Waals surface area contributed by atoms with Crippen LogP contribution in [0.25, 0.3) is 0 Å². The molecule has 0 fully saturated rings. The van der Waals surface area contributed by atoms with Crippen LogP contribution in [0.5, 0.6) is 0 Å². The van der Waals surface area contributed by atoms with Gasteiger partial charge in [-0.05, 0) is 47.5 Å². The summed E-state index contributed by atoms with van der Waals surface area (Å²) in [4.78, 5) is 0. The minimum atomic E-state index is 0.177. The molecular formula is C15H25NS. The van der Waals surface area contributed by atoms with Crippen molar-refractivity contribution in [1.82, 2.24) is 0 Å². The average Bonchev–Trinajstić information content (AvgIpc) is 2.24. The van der Waals surface area contributed by atoms with Gasteiger partial charge in [0.25, 0.3) is 0 Å². The van der Waals surface area contributed by atoms with Gasteiger partial charge in [0.15, 0.2) is 0 Å². The molecule has 0 spiro atoms. The third-order valence-electron chi connectivity index (χ3n) is 3.17. The van der Waals surface area contributed by atoms with Crippen LogP contribution in [-0.4, -0.2) is 12.0 Å². The molecule has 0 aromatic heterocycles. The second-order valence-electron chi connectivity index (χ2n) is 5.71. The third kappa shape index (κ3) is 4.04. The van der Waals surface area contributed by atoms with E-state index in [0.717, 1.165) is 12.2 Å². The Labute approximate surface area is 110 Å². The second kappa shape index (κ2) is 5.92. The van der Waals surface area contributed by atoms with Crippen molar-refractivity contribution in [3.8, 4) is 0 Å². The van der Waals surface area contributed by atoms with Crippen molar-refractivity contribution < 1.29 is 0 Å². The molecule has 17 heavy (non-hydrogen) atoms. The fraction of sp³-hybridized carbons (Fsp3) is 0.600. The van der Waals surface area contributed by atoms with Crippen LogP contribution in [0.2, 0.25) is 0 Å². The van der Waals surface area contributed by atoms with Crippen molar-refractivity contribution in [3.63, 3.8) is 0 Å². The average molecular weight is 251 g/mol. The van der Waals surface area contributed by atoms with E-state index in [9.17, 15) is 0 Å². The molecule has 0 amide bonds. The highest BCUT2D eigenvalue weighted by molar-refractivity contribution is 7.98. The van der Waals surface area contributed by atoms with E-state index in [1.807, 2.05) is 11.8 Å². The highest BCUT2D eigenvalue weighted by Gasteiger charge is 2.16. The number of aryl methyl sites for hydroxylation is 1. The topological polar surface area (TPSA) is 26.0 Å². The van der Waals surface area contributed by atoms with E-state index in [-0.39, 0.29) is 11.5 Å². The third-order valence-corrected chi connectivity index (χ3v) is 3.81. The Morgan fingerprint density at radius 1 is 1.29 bits per heavy atom. The van der Waals surface area contributed by atoms with Gasteiger partial charge in [0.05, 0.1) is 0 Å². The van der Waals surface area contributed by atoms with Crippen LogP contribution in [0.15, 0.2) is 18.2 Å². The molecule has 0 aliphatic heterocycles. The summed E-state index contributed by atoms with van der Waals surface area (Å²) in [5.74, 6) is 1.13. The lowest BCUT2D eigenvalue weighted by molar-refractivity contribution is 0.588. The minimum Gasteiger partial charge on any atom is -0.324 e. The molecule has 1 aromatic carbocycles. The monoisotopic (exact) mass is 251 g/mol. The molecule has 0 aliphatic carbocycles. The summed E-state index contributed by atoms with van der Waals surface area (Å²) < 4.78 is 0. The highest BCUT2D eigenvalue weighted by atomic mass is 32.2. The molecule has 1 atom stereocenters. The van der Waals surface area contributed by atoms with Crippen LogP contribution in [0.3, 0.4) is 0 Å². The fourth-order valence-corrected chi connectivity index (χ4v) is 2.45. The van der Waals surface area contributed by atoms with Gasteiger partial charge in [-0.1, -0.05) is 39.0 Å². The van der Waals surface area contributed by atoms with Crippen LogP contribution < -0.4 is 5.73 Å². The Kier molecular flexibility index (Phi) is 5.08. The van der Waals surface area contributed by atoms with E-state index in [1.54, 1.807) is 0 Å². The predicted octanol–water partition coefficient (Wildman–Crippen LogP) is 4.05. The molecule has 1 aromatic rings. The first-order valence-corrected chi connectivity index (χ1v) is 7.61. The van der Waals surface area contributed by atoms with Gasteiger partial charge in [0.2, 0.25) is 0 Å². The minimum absolute atomic E-state index is 0.177. The summed E-state index contributed by atoms with van der Waals surface area (Å²) in [6.07, 6.45) is 3.18. The largest absolute Gasteiger partial charge is 0.324 e. The molecule has 0 heterocycles. The van der Waals surface area contributed by atoms with Gasteiger partial charge in [-0.3, -0.25) is 0 Å². The molecule has 0 saturated heterocycles. The summed E-state index contributed by atoms with van der Waals surface area (Å²) in [5.41, 5.74) is 10.5. The quantitative estimate of drug-likeness (QED) is 0.874. The molecule has 1 unspecified atom stereocenters. The van der Waals surface area contributed by atoms with E-state index >= 15 is 0 Å². The number of benzene rings is 1. The zero-order valence-corrected chi connectivity index (χ0v) is 12.5. The lowest BCUT2D eigenvalue weighted by Crippen LogP contribution is -2.15. The first kappa shape index (κ1) is 14.6. The molecule has 2 N–H and O–H groups in total. The number of rotatable bonds is 4. The molecule has 1 rings (SSSR count).